The summed E-state index contributed by atoms with van der Waals surface area (Å²) in [5, 5.41) is 0. The molecule has 0 aliphatic heterocycles. The normalized spacial score (nSPS) is 27.8. The average molecular weight is 202 g/mol. The van der Waals surface area contributed by atoms with Gasteiger partial charge >= 0.3 is 0 Å². The van der Waals surface area contributed by atoms with Gasteiger partial charge in [0.05, 0.1) is 12.5 Å². The van der Waals surface area contributed by atoms with E-state index in [4.69, 9.17) is 4.74 Å². The summed E-state index contributed by atoms with van der Waals surface area (Å²) in [5.41, 5.74) is 1.18. The van der Waals surface area contributed by atoms with Crippen molar-refractivity contribution in [1.82, 2.24) is 0 Å². The van der Waals surface area contributed by atoms with Crippen molar-refractivity contribution in [2.45, 2.75) is 6.92 Å². The molecule has 2 aliphatic rings. The molecule has 0 radical (unpaired) electrons. The van der Waals surface area contributed by atoms with E-state index in [0.717, 1.165) is 12.0 Å². The highest BCUT2D eigenvalue weighted by molar-refractivity contribution is 5.63. The van der Waals surface area contributed by atoms with Crippen molar-refractivity contribution in [3.05, 3.63) is 47.8 Å². The van der Waals surface area contributed by atoms with Gasteiger partial charge in [0.25, 0.3) is 0 Å². The fourth-order valence-electron chi connectivity index (χ4n) is 2.00. The zero-order valence-electron chi connectivity index (χ0n) is 8.72. The largest absolute Gasteiger partial charge is 0.497 e. The zero-order valence-corrected chi connectivity index (χ0v) is 8.72. The van der Waals surface area contributed by atoms with Crippen molar-refractivity contribution in [1.29, 1.82) is 0 Å². The van der Waals surface area contributed by atoms with Crippen LogP contribution < -0.4 is 0 Å². The van der Waals surface area contributed by atoms with Gasteiger partial charge in [0, 0.05) is 5.92 Å². The Kier molecular flexibility index (Phi) is 2.86. The summed E-state index contributed by atoms with van der Waals surface area (Å²) in [6.07, 6.45) is 13.0. The monoisotopic (exact) mass is 202 g/mol. The highest BCUT2D eigenvalue weighted by Crippen LogP contribution is 2.34. The first-order chi connectivity index (χ1) is 7.36. The van der Waals surface area contributed by atoms with Crippen LogP contribution in [0.2, 0.25) is 0 Å². The quantitative estimate of drug-likeness (QED) is 0.657. The van der Waals surface area contributed by atoms with E-state index in [2.05, 4.69) is 6.08 Å². The Hall–Kier alpha value is -1.57. The van der Waals surface area contributed by atoms with Gasteiger partial charge in [-0.15, -0.1) is 0 Å². The lowest BCUT2D eigenvalue weighted by Crippen LogP contribution is -2.23. The Morgan fingerprint density at radius 2 is 2.27 bits per heavy atom. The number of carbonyl (C=O) groups is 1. The summed E-state index contributed by atoms with van der Waals surface area (Å²) in [7, 11) is 0. The summed E-state index contributed by atoms with van der Waals surface area (Å²) in [4.78, 5) is 11.1. The van der Waals surface area contributed by atoms with Gasteiger partial charge in [-0.3, -0.25) is 0 Å². The molecule has 0 heterocycles. The summed E-state index contributed by atoms with van der Waals surface area (Å²) in [6.45, 7) is 2.53. The van der Waals surface area contributed by atoms with E-state index < -0.39 is 0 Å². The van der Waals surface area contributed by atoms with Crippen LogP contribution >= 0.6 is 0 Å². The van der Waals surface area contributed by atoms with Crippen molar-refractivity contribution in [2.75, 3.05) is 6.61 Å². The number of aldehydes is 1. The van der Waals surface area contributed by atoms with Crippen molar-refractivity contribution < 1.29 is 9.53 Å². The molecule has 0 bridgehead atoms. The minimum atomic E-state index is -0.161. The Balaban J connectivity index is 2.31. The molecule has 2 heteroatoms. The minimum absolute atomic E-state index is 0.152. The highest BCUT2D eigenvalue weighted by atomic mass is 16.5. The van der Waals surface area contributed by atoms with Crippen molar-refractivity contribution >= 4 is 6.29 Å². The Morgan fingerprint density at radius 1 is 1.40 bits per heavy atom. The third-order valence-corrected chi connectivity index (χ3v) is 2.72. The van der Waals surface area contributed by atoms with Gasteiger partial charge in [-0.25, -0.2) is 0 Å². The maximum absolute atomic E-state index is 11.1. The molecule has 15 heavy (non-hydrogen) atoms. The minimum Gasteiger partial charge on any atom is -0.497 e. The SMILES string of the molecule is CCOC1=CC=C2C=CC=CC2C1C=O. The van der Waals surface area contributed by atoms with Crippen molar-refractivity contribution in [3.63, 3.8) is 0 Å². The standard InChI is InChI=1S/C13H14O2/c1-2-15-13-8-7-10-5-3-4-6-11(10)12(13)9-14/h3-9,11-12H,2H2,1H3. The Labute approximate surface area is 89.6 Å². The van der Waals surface area contributed by atoms with Gasteiger partial charge in [-0.05, 0) is 18.6 Å². The molecule has 0 aromatic heterocycles. The molecule has 0 spiro atoms. The van der Waals surface area contributed by atoms with Gasteiger partial charge in [-0.2, -0.15) is 0 Å². The molecule has 0 amide bonds. The molecule has 0 N–H and O–H groups in total. The summed E-state index contributed by atoms with van der Waals surface area (Å²) in [5.74, 6) is 0.770. The topological polar surface area (TPSA) is 26.3 Å². The number of hydrogen-bond donors (Lipinski definition) is 0. The number of fused-ring (bicyclic) bond motifs is 1. The van der Waals surface area contributed by atoms with Crippen LogP contribution in [0.25, 0.3) is 0 Å². The maximum Gasteiger partial charge on any atom is 0.131 e. The van der Waals surface area contributed by atoms with Gasteiger partial charge < -0.3 is 9.53 Å². The first-order valence-electron chi connectivity index (χ1n) is 5.21. The van der Waals surface area contributed by atoms with Crippen LogP contribution in [0.3, 0.4) is 0 Å². The van der Waals surface area contributed by atoms with Gasteiger partial charge in [-0.1, -0.05) is 30.4 Å². The van der Waals surface area contributed by atoms with E-state index in [1.807, 2.05) is 37.3 Å². The average Bonchev–Trinajstić information content (AvgIpc) is 2.29. The van der Waals surface area contributed by atoms with E-state index in [1.165, 1.54) is 5.57 Å². The smallest absolute Gasteiger partial charge is 0.131 e. The number of ether oxygens (including phenoxy) is 1. The zero-order chi connectivity index (χ0) is 10.7. The molecule has 2 nitrogen and oxygen atoms in total. The van der Waals surface area contributed by atoms with Crippen LogP contribution in [0.5, 0.6) is 0 Å². The van der Waals surface area contributed by atoms with Crippen LogP contribution in [0.15, 0.2) is 47.8 Å². The lowest BCUT2D eigenvalue weighted by atomic mass is 9.79. The summed E-state index contributed by atoms with van der Waals surface area (Å²) < 4.78 is 5.46. The molecular weight excluding hydrogens is 188 g/mol. The van der Waals surface area contributed by atoms with Crippen LogP contribution in [0.1, 0.15) is 6.92 Å². The lowest BCUT2D eigenvalue weighted by Gasteiger charge is -2.27. The summed E-state index contributed by atoms with van der Waals surface area (Å²) in [6, 6.07) is 0. The number of rotatable bonds is 3. The van der Waals surface area contributed by atoms with Crippen LogP contribution in [-0.2, 0) is 9.53 Å². The number of hydrogen-bond acceptors (Lipinski definition) is 2. The predicted octanol–water partition coefficient (Wildman–Crippen LogP) is 2.40. The summed E-state index contributed by atoms with van der Waals surface area (Å²) >= 11 is 0. The molecule has 2 atom stereocenters. The van der Waals surface area contributed by atoms with Gasteiger partial charge in [0.1, 0.15) is 12.0 Å². The third-order valence-electron chi connectivity index (χ3n) is 2.72. The molecule has 78 valence electrons. The molecule has 0 aromatic carbocycles. The van der Waals surface area contributed by atoms with E-state index in [0.29, 0.717) is 6.61 Å². The second-order valence-corrected chi connectivity index (χ2v) is 3.60. The maximum atomic E-state index is 11.1. The van der Waals surface area contributed by atoms with Gasteiger partial charge in [0.2, 0.25) is 0 Å². The van der Waals surface area contributed by atoms with E-state index >= 15 is 0 Å². The lowest BCUT2D eigenvalue weighted by molar-refractivity contribution is -0.111. The first kappa shape index (κ1) is 9.97. The predicted molar refractivity (Wildman–Crippen MR) is 59.1 cm³/mol. The van der Waals surface area contributed by atoms with Gasteiger partial charge in [0.15, 0.2) is 0 Å². The number of carbonyl (C=O) groups excluding carboxylic acids is 1. The van der Waals surface area contributed by atoms with E-state index in [9.17, 15) is 4.79 Å². The van der Waals surface area contributed by atoms with Crippen molar-refractivity contribution in [3.8, 4) is 0 Å². The number of allylic oxidation sites excluding steroid dienone is 8. The van der Waals surface area contributed by atoms with E-state index in [1.54, 1.807) is 0 Å². The third kappa shape index (κ3) is 1.80. The second kappa shape index (κ2) is 4.30. The highest BCUT2D eigenvalue weighted by Gasteiger charge is 2.29. The Morgan fingerprint density at radius 3 is 3.00 bits per heavy atom. The van der Waals surface area contributed by atoms with Crippen molar-refractivity contribution in [2.24, 2.45) is 11.8 Å². The molecule has 0 saturated heterocycles. The first-order valence-corrected chi connectivity index (χ1v) is 5.21. The fourth-order valence-corrected chi connectivity index (χ4v) is 2.00. The Bertz CT molecular complexity index is 372. The molecule has 0 saturated carbocycles. The molecular formula is C13H14O2. The molecule has 2 aliphatic carbocycles. The van der Waals surface area contributed by atoms with Crippen LogP contribution in [-0.4, -0.2) is 12.9 Å². The van der Waals surface area contributed by atoms with Crippen LogP contribution in [0, 0.1) is 11.8 Å². The molecule has 0 fully saturated rings. The molecule has 2 unspecified atom stereocenters. The second-order valence-electron chi connectivity index (χ2n) is 3.60. The molecule has 2 rings (SSSR count). The fraction of sp³-hybridized carbons (Fsp3) is 0.308. The molecule has 0 aromatic rings. The van der Waals surface area contributed by atoms with E-state index in [-0.39, 0.29) is 11.8 Å². The van der Waals surface area contributed by atoms with Crippen LogP contribution in [0.4, 0.5) is 0 Å².